The number of allylic oxidation sites excluding steroid dienone is 16. The average molecular weight is 861 g/mol. The summed E-state index contributed by atoms with van der Waals surface area (Å²) < 4.78 is 16.6. The van der Waals surface area contributed by atoms with Crippen molar-refractivity contribution in [1.29, 1.82) is 0 Å². The maximum absolute atomic E-state index is 12.8. The molecule has 1 unspecified atom stereocenters. The van der Waals surface area contributed by atoms with Gasteiger partial charge in [0.25, 0.3) is 0 Å². The number of esters is 3. The number of carbonyl (C=O) groups is 3. The van der Waals surface area contributed by atoms with Gasteiger partial charge in [-0.05, 0) is 103 Å². The third-order valence-corrected chi connectivity index (χ3v) is 10.3. The molecule has 0 amide bonds. The zero-order chi connectivity index (χ0) is 45.1. The third-order valence-electron chi connectivity index (χ3n) is 10.3. The van der Waals surface area contributed by atoms with Crippen molar-refractivity contribution in [2.45, 2.75) is 226 Å². The van der Waals surface area contributed by atoms with Crippen LogP contribution < -0.4 is 0 Å². The van der Waals surface area contributed by atoms with E-state index in [2.05, 4.69) is 112 Å². The number of rotatable bonds is 44. The van der Waals surface area contributed by atoms with Crippen molar-refractivity contribution >= 4 is 17.9 Å². The van der Waals surface area contributed by atoms with Crippen LogP contribution in [0, 0.1) is 0 Å². The van der Waals surface area contributed by atoms with Crippen LogP contribution in [0.25, 0.3) is 0 Å². The molecule has 0 fully saturated rings. The molecule has 6 nitrogen and oxygen atoms in total. The van der Waals surface area contributed by atoms with Gasteiger partial charge in [-0.15, -0.1) is 0 Å². The highest BCUT2D eigenvalue weighted by atomic mass is 16.6. The summed E-state index contributed by atoms with van der Waals surface area (Å²) in [6.45, 7) is 6.38. The van der Waals surface area contributed by atoms with E-state index in [9.17, 15) is 14.4 Å². The van der Waals surface area contributed by atoms with Crippen LogP contribution in [0.15, 0.2) is 97.2 Å². The van der Waals surface area contributed by atoms with Crippen molar-refractivity contribution in [2.75, 3.05) is 13.2 Å². The molecule has 0 heterocycles. The molecule has 0 aliphatic heterocycles. The zero-order valence-electron chi connectivity index (χ0n) is 40.1. The lowest BCUT2D eigenvalue weighted by atomic mass is 10.1. The van der Waals surface area contributed by atoms with Crippen LogP contribution in [0.5, 0.6) is 0 Å². The molecular formula is C56H92O6. The molecule has 0 saturated heterocycles. The summed E-state index contributed by atoms with van der Waals surface area (Å²) in [6.07, 6.45) is 65.5. The molecule has 0 aliphatic rings. The number of hydrogen-bond acceptors (Lipinski definition) is 6. The summed E-state index contributed by atoms with van der Waals surface area (Å²) in [6, 6.07) is 0. The van der Waals surface area contributed by atoms with E-state index >= 15 is 0 Å². The van der Waals surface area contributed by atoms with Crippen LogP contribution in [0.4, 0.5) is 0 Å². The molecular weight excluding hydrogens is 769 g/mol. The highest BCUT2D eigenvalue weighted by Gasteiger charge is 2.19. The highest BCUT2D eigenvalue weighted by Crippen LogP contribution is 2.11. The molecule has 6 heteroatoms. The standard InChI is InChI=1S/C56H92O6/c1-4-7-10-13-16-19-22-25-27-28-29-32-34-37-40-43-46-49-55(58)61-52-53(51-60-54(57)48-45-42-39-36-33-30-24-21-18-15-12-9-6-3)62-56(59)50-47-44-41-38-35-31-26-23-20-17-14-11-8-5-2/h8,11,17,20,25-27,29-33,37,39-40,42,53H,4-7,9-10,12-16,18-19,21-24,28,34-36,38,41,43-52H2,1-3H3/b11-8+,20-17+,27-25+,31-26+,32-29+,33-30+,40-37+,42-39+. The van der Waals surface area contributed by atoms with E-state index < -0.39 is 6.10 Å². The lowest BCUT2D eigenvalue weighted by Crippen LogP contribution is -2.30. The van der Waals surface area contributed by atoms with Gasteiger partial charge in [-0.3, -0.25) is 14.4 Å². The smallest absolute Gasteiger partial charge is 0.306 e. The predicted octanol–water partition coefficient (Wildman–Crippen LogP) is 16.6. The molecule has 352 valence electrons. The summed E-state index contributed by atoms with van der Waals surface area (Å²) in [5.74, 6) is -1.08. The number of hydrogen-bond donors (Lipinski definition) is 0. The van der Waals surface area contributed by atoms with Crippen LogP contribution in [-0.4, -0.2) is 37.2 Å². The van der Waals surface area contributed by atoms with E-state index in [0.29, 0.717) is 12.8 Å². The zero-order valence-corrected chi connectivity index (χ0v) is 40.1. The van der Waals surface area contributed by atoms with Crippen molar-refractivity contribution in [2.24, 2.45) is 0 Å². The maximum atomic E-state index is 12.8. The van der Waals surface area contributed by atoms with Crippen LogP contribution in [-0.2, 0) is 28.6 Å². The third kappa shape index (κ3) is 47.4. The molecule has 0 rings (SSSR count). The van der Waals surface area contributed by atoms with Crippen LogP contribution in [0.1, 0.15) is 220 Å². The first-order chi connectivity index (χ1) is 30.5. The molecule has 0 aromatic heterocycles. The number of unbranched alkanes of at least 4 members (excludes halogenated alkanes) is 17. The first-order valence-corrected chi connectivity index (χ1v) is 25.2. The Balaban J connectivity index is 4.57. The van der Waals surface area contributed by atoms with E-state index in [-0.39, 0.29) is 50.4 Å². The Bertz CT molecular complexity index is 1260. The van der Waals surface area contributed by atoms with Gasteiger partial charge in [0.05, 0.1) is 0 Å². The monoisotopic (exact) mass is 861 g/mol. The normalized spacial score (nSPS) is 12.9. The Hall–Kier alpha value is -3.67. The van der Waals surface area contributed by atoms with Gasteiger partial charge in [0.15, 0.2) is 6.10 Å². The van der Waals surface area contributed by atoms with Gasteiger partial charge < -0.3 is 14.2 Å². The lowest BCUT2D eigenvalue weighted by molar-refractivity contribution is -0.166. The van der Waals surface area contributed by atoms with Gasteiger partial charge in [-0.2, -0.15) is 0 Å². The van der Waals surface area contributed by atoms with Gasteiger partial charge in [0.2, 0.25) is 0 Å². The second-order valence-electron chi connectivity index (χ2n) is 16.3. The molecule has 0 aromatic carbocycles. The fourth-order valence-corrected chi connectivity index (χ4v) is 6.52. The van der Waals surface area contributed by atoms with Crippen LogP contribution >= 0.6 is 0 Å². The fourth-order valence-electron chi connectivity index (χ4n) is 6.52. The van der Waals surface area contributed by atoms with E-state index in [1.807, 2.05) is 6.08 Å². The Kier molecular flexibility index (Phi) is 47.0. The van der Waals surface area contributed by atoms with Gasteiger partial charge >= 0.3 is 17.9 Å². The molecule has 0 bridgehead atoms. The second-order valence-corrected chi connectivity index (χ2v) is 16.3. The van der Waals surface area contributed by atoms with Gasteiger partial charge in [0, 0.05) is 19.3 Å². The molecule has 0 spiro atoms. The van der Waals surface area contributed by atoms with E-state index in [1.54, 1.807) is 0 Å². The summed E-state index contributed by atoms with van der Waals surface area (Å²) in [7, 11) is 0. The summed E-state index contributed by atoms with van der Waals surface area (Å²) in [4.78, 5) is 37.9. The van der Waals surface area contributed by atoms with E-state index in [0.717, 1.165) is 83.5 Å². The van der Waals surface area contributed by atoms with E-state index in [1.165, 1.54) is 83.5 Å². The SMILES string of the molecule is CC/C=C/C/C=C/C/C=C/CCCCCCC(=O)OC(COC(=O)CC/C=C/C/C=C/CCCCCCCC)COC(=O)CCC/C=C/C/C=C/C/C=C/CCCCCCCC. The van der Waals surface area contributed by atoms with Crippen molar-refractivity contribution in [3.63, 3.8) is 0 Å². The van der Waals surface area contributed by atoms with Crippen molar-refractivity contribution in [3.8, 4) is 0 Å². The first kappa shape index (κ1) is 58.3. The number of ether oxygens (including phenoxy) is 3. The van der Waals surface area contributed by atoms with E-state index in [4.69, 9.17) is 14.2 Å². The van der Waals surface area contributed by atoms with Crippen molar-refractivity contribution in [1.82, 2.24) is 0 Å². The predicted molar refractivity (Wildman–Crippen MR) is 265 cm³/mol. The van der Waals surface area contributed by atoms with Crippen LogP contribution in [0.2, 0.25) is 0 Å². The molecule has 0 radical (unpaired) electrons. The Morgan fingerprint density at radius 2 is 0.677 bits per heavy atom. The minimum atomic E-state index is -0.832. The Morgan fingerprint density at radius 1 is 0.339 bits per heavy atom. The Labute approximate surface area is 381 Å². The summed E-state index contributed by atoms with van der Waals surface area (Å²) in [5.41, 5.74) is 0. The lowest BCUT2D eigenvalue weighted by Gasteiger charge is -2.18. The second kappa shape index (κ2) is 50.0. The molecule has 0 aromatic rings. The highest BCUT2D eigenvalue weighted by molar-refractivity contribution is 5.71. The fraction of sp³-hybridized carbons (Fsp3) is 0.661. The molecule has 0 aliphatic carbocycles. The summed E-state index contributed by atoms with van der Waals surface area (Å²) in [5, 5.41) is 0. The van der Waals surface area contributed by atoms with Crippen molar-refractivity contribution < 1.29 is 28.6 Å². The first-order valence-electron chi connectivity index (χ1n) is 25.2. The largest absolute Gasteiger partial charge is 0.462 e. The van der Waals surface area contributed by atoms with Gasteiger partial charge in [-0.1, -0.05) is 195 Å². The molecule has 62 heavy (non-hydrogen) atoms. The Morgan fingerprint density at radius 3 is 1.13 bits per heavy atom. The van der Waals surface area contributed by atoms with Gasteiger partial charge in [-0.25, -0.2) is 0 Å². The quantitative estimate of drug-likeness (QED) is 0.0263. The summed E-state index contributed by atoms with van der Waals surface area (Å²) >= 11 is 0. The van der Waals surface area contributed by atoms with Crippen molar-refractivity contribution in [3.05, 3.63) is 97.2 Å². The topological polar surface area (TPSA) is 78.9 Å². The number of carbonyl (C=O) groups excluding carboxylic acids is 3. The van der Waals surface area contributed by atoms with Gasteiger partial charge in [0.1, 0.15) is 13.2 Å². The molecule has 0 N–H and O–H groups in total. The minimum Gasteiger partial charge on any atom is -0.462 e. The average Bonchev–Trinajstić information content (AvgIpc) is 3.27. The minimum absolute atomic E-state index is 0.131. The van der Waals surface area contributed by atoms with Crippen LogP contribution in [0.3, 0.4) is 0 Å². The molecule has 0 saturated carbocycles. The maximum Gasteiger partial charge on any atom is 0.306 e. The molecule has 1 atom stereocenters.